The summed E-state index contributed by atoms with van der Waals surface area (Å²) in [6.07, 6.45) is 7.14. The highest BCUT2D eigenvalue weighted by Crippen LogP contribution is 2.32. The molecule has 0 aromatic heterocycles. The average Bonchev–Trinajstić information content (AvgIpc) is 2.73. The molecule has 0 spiro atoms. The minimum absolute atomic E-state index is 0.212. The van der Waals surface area contributed by atoms with E-state index in [4.69, 9.17) is 9.84 Å². The number of amides is 1. The van der Waals surface area contributed by atoms with E-state index in [1.165, 1.54) is 19.4 Å². The lowest BCUT2D eigenvalue weighted by Gasteiger charge is -2.36. The number of rotatable bonds is 7. The molecule has 0 radical (unpaired) electrons. The molecular weight excluding hydrogens is 370 g/mol. The Kier molecular flexibility index (Phi) is 10.1. The van der Waals surface area contributed by atoms with Crippen molar-refractivity contribution < 1.29 is 19.4 Å². The quantitative estimate of drug-likeness (QED) is 0.627. The predicted octanol–water partition coefficient (Wildman–Crippen LogP) is 2.13. The third-order valence-corrected chi connectivity index (χ3v) is 6.08. The van der Waals surface area contributed by atoms with Gasteiger partial charge in [-0.05, 0) is 64.6 Å². The SMILES string of the molecule is CC.CN1CCC2=C(CC(OCC3CCN(CC(=O)NCC(=O)O)CC3)CC2)C1. The number of hydrogen-bond donors (Lipinski definition) is 2. The number of piperidine rings is 1. The van der Waals surface area contributed by atoms with Crippen LogP contribution >= 0.6 is 0 Å². The van der Waals surface area contributed by atoms with Crippen LogP contribution in [0.1, 0.15) is 52.4 Å². The van der Waals surface area contributed by atoms with Crippen LogP contribution in [0.2, 0.25) is 0 Å². The molecule has 1 fully saturated rings. The van der Waals surface area contributed by atoms with Crippen molar-refractivity contribution >= 4 is 11.9 Å². The van der Waals surface area contributed by atoms with Crippen molar-refractivity contribution in [1.82, 2.24) is 15.1 Å². The summed E-state index contributed by atoms with van der Waals surface area (Å²) in [5.74, 6) is -0.659. The monoisotopic (exact) mass is 409 g/mol. The first-order valence-electron chi connectivity index (χ1n) is 11.2. The van der Waals surface area contributed by atoms with Crippen LogP contribution in [0.5, 0.6) is 0 Å². The second-order valence-electron chi connectivity index (χ2n) is 8.28. The third-order valence-electron chi connectivity index (χ3n) is 6.08. The van der Waals surface area contributed by atoms with Crippen LogP contribution in [-0.4, -0.2) is 85.8 Å². The first-order valence-corrected chi connectivity index (χ1v) is 11.2. The maximum atomic E-state index is 11.7. The van der Waals surface area contributed by atoms with Gasteiger partial charge in [0.2, 0.25) is 5.91 Å². The van der Waals surface area contributed by atoms with Gasteiger partial charge in [0, 0.05) is 19.7 Å². The summed E-state index contributed by atoms with van der Waals surface area (Å²) in [4.78, 5) is 26.7. The zero-order valence-corrected chi connectivity index (χ0v) is 18.4. The zero-order chi connectivity index (χ0) is 21.2. The van der Waals surface area contributed by atoms with Gasteiger partial charge in [-0.15, -0.1) is 0 Å². The van der Waals surface area contributed by atoms with Crippen molar-refractivity contribution in [3.05, 3.63) is 11.1 Å². The first kappa shape index (κ1) is 23.8. The molecule has 0 bridgehead atoms. The molecule has 29 heavy (non-hydrogen) atoms. The Hall–Kier alpha value is -1.44. The molecule has 0 aromatic carbocycles. The molecule has 166 valence electrons. The maximum absolute atomic E-state index is 11.7. The number of nitrogens with zero attached hydrogens (tertiary/aromatic N) is 2. The number of likely N-dealkylation sites (tertiary alicyclic amines) is 1. The van der Waals surface area contributed by atoms with E-state index in [-0.39, 0.29) is 19.0 Å². The summed E-state index contributed by atoms with van der Waals surface area (Å²) in [5.41, 5.74) is 3.30. The van der Waals surface area contributed by atoms with Crippen molar-refractivity contribution in [3.8, 4) is 0 Å². The number of carbonyl (C=O) groups excluding carboxylic acids is 1. The summed E-state index contributed by atoms with van der Waals surface area (Å²) in [5, 5.41) is 11.0. The van der Waals surface area contributed by atoms with E-state index in [0.717, 1.165) is 51.9 Å². The first-order chi connectivity index (χ1) is 14.0. The summed E-state index contributed by atoms with van der Waals surface area (Å²) >= 11 is 0. The lowest BCUT2D eigenvalue weighted by atomic mass is 9.85. The van der Waals surface area contributed by atoms with Crippen LogP contribution in [0.15, 0.2) is 11.1 Å². The highest BCUT2D eigenvalue weighted by atomic mass is 16.5. The molecule has 3 rings (SSSR count). The smallest absolute Gasteiger partial charge is 0.322 e. The Morgan fingerprint density at radius 1 is 1.10 bits per heavy atom. The molecule has 2 N–H and O–H groups in total. The normalized spacial score (nSPS) is 23.8. The van der Waals surface area contributed by atoms with Gasteiger partial charge in [0.1, 0.15) is 6.54 Å². The fraction of sp³-hybridized carbons (Fsp3) is 0.818. The summed E-state index contributed by atoms with van der Waals surface area (Å²) in [6.45, 7) is 8.85. The number of carboxylic acids is 1. The highest BCUT2D eigenvalue weighted by molar-refractivity contribution is 5.82. The second kappa shape index (κ2) is 12.3. The van der Waals surface area contributed by atoms with Gasteiger partial charge in [0.05, 0.1) is 12.6 Å². The fourth-order valence-corrected chi connectivity index (χ4v) is 4.40. The Bertz CT molecular complexity index is 570. The van der Waals surface area contributed by atoms with E-state index in [9.17, 15) is 9.59 Å². The zero-order valence-electron chi connectivity index (χ0n) is 18.4. The molecule has 1 amide bonds. The topological polar surface area (TPSA) is 82.1 Å². The summed E-state index contributed by atoms with van der Waals surface area (Å²) in [6, 6.07) is 0. The van der Waals surface area contributed by atoms with Gasteiger partial charge < -0.3 is 20.1 Å². The van der Waals surface area contributed by atoms with E-state index < -0.39 is 5.97 Å². The van der Waals surface area contributed by atoms with E-state index in [2.05, 4.69) is 22.2 Å². The van der Waals surface area contributed by atoms with Gasteiger partial charge in [-0.3, -0.25) is 14.5 Å². The molecule has 1 saturated heterocycles. The van der Waals surface area contributed by atoms with E-state index in [0.29, 0.717) is 12.0 Å². The second-order valence-corrected chi connectivity index (χ2v) is 8.28. The Morgan fingerprint density at radius 2 is 1.83 bits per heavy atom. The van der Waals surface area contributed by atoms with Crippen molar-refractivity contribution in [2.24, 2.45) is 5.92 Å². The molecule has 0 saturated carbocycles. The molecule has 0 aromatic rings. The van der Waals surface area contributed by atoms with Gasteiger partial charge in [0.15, 0.2) is 0 Å². The minimum atomic E-state index is -1.01. The molecular formula is C22H39N3O4. The van der Waals surface area contributed by atoms with E-state index >= 15 is 0 Å². The maximum Gasteiger partial charge on any atom is 0.322 e. The number of ether oxygens (including phenoxy) is 1. The van der Waals surface area contributed by atoms with E-state index in [1.54, 1.807) is 11.1 Å². The number of hydrogen-bond acceptors (Lipinski definition) is 5. The fourth-order valence-electron chi connectivity index (χ4n) is 4.40. The van der Waals surface area contributed by atoms with Crippen LogP contribution in [0.4, 0.5) is 0 Å². The van der Waals surface area contributed by atoms with Crippen LogP contribution in [0.25, 0.3) is 0 Å². The number of carbonyl (C=O) groups is 2. The number of nitrogens with one attached hydrogen (secondary N) is 1. The lowest BCUT2D eigenvalue weighted by Crippen LogP contribution is -2.43. The Labute approximate surface area is 175 Å². The molecule has 1 aliphatic carbocycles. The standard InChI is InChI=1S/C20H33N3O4.C2H6/c1-22-7-6-16-2-3-18(10-17(16)12-22)27-14-15-4-8-23(9-5-15)13-19(24)21-11-20(25)26;1-2/h15,18H,2-14H2,1H3,(H,21,24)(H,25,26);1-2H3. The van der Waals surface area contributed by atoms with Crippen LogP contribution in [0.3, 0.4) is 0 Å². The van der Waals surface area contributed by atoms with Crippen LogP contribution < -0.4 is 5.32 Å². The van der Waals surface area contributed by atoms with Crippen LogP contribution in [-0.2, 0) is 14.3 Å². The van der Waals surface area contributed by atoms with Gasteiger partial charge in [-0.1, -0.05) is 25.0 Å². The van der Waals surface area contributed by atoms with Crippen LogP contribution in [0, 0.1) is 5.92 Å². The Morgan fingerprint density at radius 3 is 2.52 bits per heavy atom. The average molecular weight is 410 g/mol. The Balaban J connectivity index is 0.00000145. The third kappa shape index (κ3) is 8.07. The molecule has 7 heteroatoms. The molecule has 3 aliphatic rings. The van der Waals surface area contributed by atoms with Gasteiger partial charge in [0.25, 0.3) is 0 Å². The summed E-state index contributed by atoms with van der Waals surface area (Å²) < 4.78 is 6.27. The lowest BCUT2D eigenvalue weighted by molar-refractivity contribution is -0.138. The van der Waals surface area contributed by atoms with E-state index in [1.807, 2.05) is 13.8 Å². The largest absolute Gasteiger partial charge is 0.480 e. The van der Waals surface area contributed by atoms with Crippen molar-refractivity contribution in [1.29, 1.82) is 0 Å². The highest BCUT2D eigenvalue weighted by Gasteiger charge is 2.27. The summed E-state index contributed by atoms with van der Waals surface area (Å²) in [7, 11) is 2.20. The van der Waals surface area contributed by atoms with Crippen molar-refractivity contribution in [2.45, 2.75) is 58.5 Å². The number of carboxylic acid groups (broad SMARTS) is 1. The number of likely N-dealkylation sites (N-methyl/N-ethyl adjacent to an activating group) is 1. The van der Waals surface area contributed by atoms with Gasteiger partial charge in [-0.2, -0.15) is 0 Å². The predicted molar refractivity (Wildman–Crippen MR) is 114 cm³/mol. The van der Waals surface area contributed by atoms with Gasteiger partial charge in [-0.25, -0.2) is 0 Å². The molecule has 1 atom stereocenters. The molecule has 7 nitrogen and oxygen atoms in total. The minimum Gasteiger partial charge on any atom is -0.480 e. The molecule has 2 aliphatic heterocycles. The van der Waals surface area contributed by atoms with Gasteiger partial charge >= 0.3 is 5.97 Å². The number of aliphatic carboxylic acids is 1. The van der Waals surface area contributed by atoms with Crippen molar-refractivity contribution in [3.63, 3.8) is 0 Å². The van der Waals surface area contributed by atoms with Crippen molar-refractivity contribution in [2.75, 3.05) is 52.9 Å². The molecule has 2 heterocycles. The molecule has 1 unspecified atom stereocenters.